The molecule has 0 radical (unpaired) electrons. The monoisotopic (exact) mass is 345 g/mol. The van der Waals surface area contributed by atoms with E-state index in [0.29, 0.717) is 12.8 Å². The molecular formula is C18H23N3O2S. The highest BCUT2D eigenvalue weighted by molar-refractivity contribution is 7.13. The number of hydrogen-bond acceptors (Lipinski definition) is 5. The van der Waals surface area contributed by atoms with E-state index < -0.39 is 0 Å². The SMILES string of the molecule is COc1cccc(-c2nc(CCC(=O)N3CCN(C)CC3)cs2)c1. The zero-order valence-corrected chi connectivity index (χ0v) is 15.0. The van der Waals surface area contributed by atoms with Gasteiger partial charge >= 0.3 is 0 Å². The fourth-order valence-electron chi connectivity index (χ4n) is 2.76. The maximum atomic E-state index is 12.3. The molecule has 6 heteroatoms. The fourth-order valence-corrected chi connectivity index (χ4v) is 3.61. The topological polar surface area (TPSA) is 45.7 Å². The van der Waals surface area contributed by atoms with Crippen LogP contribution in [0.2, 0.25) is 0 Å². The molecule has 0 atom stereocenters. The summed E-state index contributed by atoms with van der Waals surface area (Å²) in [7, 11) is 3.76. The predicted molar refractivity (Wildman–Crippen MR) is 96.5 cm³/mol. The third kappa shape index (κ3) is 4.13. The molecule has 128 valence electrons. The Hall–Kier alpha value is -1.92. The van der Waals surface area contributed by atoms with Gasteiger partial charge in [-0.1, -0.05) is 12.1 Å². The van der Waals surface area contributed by atoms with Crippen molar-refractivity contribution in [1.29, 1.82) is 0 Å². The first kappa shape index (κ1) is 16.9. The molecule has 24 heavy (non-hydrogen) atoms. The van der Waals surface area contributed by atoms with Gasteiger partial charge in [-0.3, -0.25) is 4.79 Å². The number of methoxy groups -OCH3 is 1. The van der Waals surface area contributed by atoms with Gasteiger partial charge in [0.2, 0.25) is 5.91 Å². The van der Waals surface area contributed by atoms with Gasteiger partial charge in [-0.05, 0) is 25.6 Å². The minimum atomic E-state index is 0.235. The molecule has 5 nitrogen and oxygen atoms in total. The molecule has 1 fully saturated rings. The number of amides is 1. The smallest absolute Gasteiger partial charge is 0.223 e. The third-order valence-electron chi connectivity index (χ3n) is 4.32. The molecular weight excluding hydrogens is 322 g/mol. The number of thiazole rings is 1. The molecule has 1 aliphatic heterocycles. The molecule has 3 rings (SSSR count). The lowest BCUT2D eigenvalue weighted by Crippen LogP contribution is -2.47. The Morgan fingerprint density at radius 1 is 1.29 bits per heavy atom. The van der Waals surface area contributed by atoms with Crippen molar-refractivity contribution >= 4 is 17.2 Å². The molecule has 0 unspecified atom stereocenters. The van der Waals surface area contributed by atoms with Gasteiger partial charge in [0.1, 0.15) is 10.8 Å². The van der Waals surface area contributed by atoms with E-state index in [2.05, 4.69) is 16.9 Å². The first-order valence-corrected chi connectivity index (χ1v) is 9.09. The molecule has 0 aliphatic carbocycles. The fraction of sp³-hybridized carbons (Fsp3) is 0.444. The van der Waals surface area contributed by atoms with Crippen molar-refractivity contribution in [1.82, 2.24) is 14.8 Å². The number of likely N-dealkylation sites (N-methyl/N-ethyl adjacent to an activating group) is 1. The van der Waals surface area contributed by atoms with Gasteiger partial charge in [0.05, 0.1) is 12.8 Å². The third-order valence-corrected chi connectivity index (χ3v) is 5.26. The summed E-state index contributed by atoms with van der Waals surface area (Å²) in [5.74, 6) is 1.06. The van der Waals surface area contributed by atoms with Crippen LogP contribution in [0.3, 0.4) is 0 Å². The van der Waals surface area contributed by atoms with E-state index in [9.17, 15) is 4.79 Å². The van der Waals surface area contributed by atoms with Crippen LogP contribution in [0.5, 0.6) is 5.75 Å². The van der Waals surface area contributed by atoms with Crippen molar-refractivity contribution in [3.05, 3.63) is 35.3 Å². The highest BCUT2D eigenvalue weighted by Crippen LogP contribution is 2.27. The summed E-state index contributed by atoms with van der Waals surface area (Å²) >= 11 is 1.61. The second kappa shape index (κ2) is 7.77. The van der Waals surface area contributed by atoms with E-state index in [4.69, 9.17) is 4.74 Å². The van der Waals surface area contributed by atoms with E-state index in [-0.39, 0.29) is 5.91 Å². The molecule has 0 spiro atoms. The van der Waals surface area contributed by atoms with Gasteiger partial charge in [0.25, 0.3) is 0 Å². The van der Waals surface area contributed by atoms with Crippen molar-refractivity contribution in [3.63, 3.8) is 0 Å². The van der Waals surface area contributed by atoms with Crippen LogP contribution in [0, 0.1) is 0 Å². The molecule has 1 aromatic carbocycles. The van der Waals surface area contributed by atoms with Crippen LogP contribution in [0.1, 0.15) is 12.1 Å². The lowest BCUT2D eigenvalue weighted by molar-refractivity contribution is -0.132. The summed E-state index contributed by atoms with van der Waals surface area (Å²) < 4.78 is 5.26. The second-order valence-electron chi connectivity index (χ2n) is 6.06. The number of rotatable bonds is 5. The van der Waals surface area contributed by atoms with Crippen molar-refractivity contribution in [3.8, 4) is 16.3 Å². The van der Waals surface area contributed by atoms with Crippen molar-refractivity contribution in [2.45, 2.75) is 12.8 Å². The highest BCUT2D eigenvalue weighted by Gasteiger charge is 2.19. The Morgan fingerprint density at radius 2 is 2.08 bits per heavy atom. The quantitative estimate of drug-likeness (QED) is 0.835. The average molecular weight is 345 g/mol. The van der Waals surface area contributed by atoms with Crippen molar-refractivity contribution < 1.29 is 9.53 Å². The highest BCUT2D eigenvalue weighted by atomic mass is 32.1. The van der Waals surface area contributed by atoms with E-state index in [1.807, 2.05) is 34.5 Å². The Kier molecular flexibility index (Phi) is 5.48. The van der Waals surface area contributed by atoms with Gasteiger partial charge in [-0.2, -0.15) is 0 Å². The Labute approximate surface area is 146 Å². The number of ether oxygens (including phenoxy) is 1. The number of carbonyl (C=O) groups is 1. The van der Waals surface area contributed by atoms with Crippen LogP contribution < -0.4 is 4.74 Å². The molecule has 1 saturated heterocycles. The average Bonchev–Trinajstić information content (AvgIpc) is 3.09. The minimum absolute atomic E-state index is 0.235. The van der Waals surface area contributed by atoms with Crippen LogP contribution in [0.15, 0.2) is 29.6 Å². The molecule has 1 amide bonds. The van der Waals surface area contributed by atoms with Gasteiger partial charge in [0, 0.05) is 43.5 Å². The number of benzene rings is 1. The summed E-state index contributed by atoms with van der Waals surface area (Å²) in [4.78, 5) is 21.2. The second-order valence-corrected chi connectivity index (χ2v) is 6.92. The summed E-state index contributed by atoms with van der Waals surface area (Å²) in [6.07, 6.45) is 1.23. The van der Waals surface area contributed by atoms with Gasteiger partial charge in [0.15, 0.2) is 0 Å². The van der Waals surface area contributed by atoms with Crippen molar-refractivity contribution in [2.24, 2.45) is 0 Å². The van der Waals surface area contributed by atoms with Gasteiger partial charge in [-0.25, -0.2) is 4.98 Å². The summed E-state index contributed by atoms with van der Waals surface area (Å²) in [6.45, 7) is 3.59. The van der Waals surface area contributed by atoms with E-state index in [1.165, 1.54) is 0 Å². The lowest BCUT2D eigenvalue weighted by Gasteiger charge is -2.32. The normalized spacial score (nSPS) is 15.5. The van der Waals surface area contributed by atoms with Crippen molar-refractivity contribution in [2.75, 3.05) is 40.3 Å². The molecule has 1 aromatic heterocycles. The van der Waals surface area contributed by atoms with Crippen LogP contribution in [0.25, 0.3) is 10.6 Å². The Balaban J connectivity index is 1.57. The molecule has 2 heterocycles. The first-order chi connectivity index (χ1) is 11.7. The molecule has 0 N–H and O–H groups in total. The number of piperazine rings is 1. The molecule has 2 aromatic rings. The van der Waals surface area contributed by atoms with E-state index >= 15 is 0 Å². The van der Waals surface area contributed by atoms with E-state index in [1.54, 1.807) is 18.4 Å². The Morgan fingerprint density at radius 3 is 2.83 bits per heavy atom. The zero-order chi connectivity index (χ0) is 16.9. The Bertz CT molecular complexity index is 693. The number of carbonyl (C=O) groups excluding carboxylic acids is 1. The zero-order valence-electron chi connectivity index (χ0n) is 14.2. The first-order valence-electron chi connectivity index (χ1n) is 8.21. The van der Waals surface area contributed by atoms with Gasteiger partial charge < -0.3 is 14.5 Å². The predicted octanol–water partition coefficient (Wildman–Crippen LogP) is 2.53. The number of nitrogens with zero attached hydrogens (tertiary/aromatic N) is 3. The maximum Gasteiger partial charge on any atom is 0.223 e. The number of hydrogen-bond donors (Lipinski definition) is 0. The lowest BCUT2D eigenvalue weighted by atomic mass is 10.2. The van der Waals surface area contributed by atoms with Gasteiger partial charge in [-0.15, -0.1) is 11.3 Å². The van der Waals surface area contributed by atoms with Crippen LogP contribution in [-0.2, 0) is 11.2 Å². The van der Waals surface area contributed by atoms with Crippen LogP contribution in [-0.4, -0.2) is 61.0 Å². The summed E-state index contributed by atoms with van der Waals surface area (Å²) in [6, 6.07) is 7.90. The van der Waals surface area contributed by atoms with E-state index in [0.717, 1.165) is 48.2 Å². The standard InChI is InChI=1S/C18H23N3O2S/c1-20-8-10-21(11-9-20)17(22)7-6-15-13-24-18(19-15)14-4-3-5-16(12-14)23-2/h3-5,12-13H,6-11H2,1-2H3. The summed E-state index contributed by atoms with van der Waals surface area (Å²) in [5.41, 5.74) is 2.04. The number of aryl methyl sites for hydroxylation is 1. The maximum absolute atomic E-state index is 12.3. The molecule has 1 aliphatic rings. The largest absolute Gasteiger partial charge is 0.497 e. The van der Waals surface area contributed by atoms with Crippen LogP contribution >= 0.6 is 11.3 Å². The van der Waals surface area contributed by atoms with Crippen LogP contribution in [0.4, 0.5) is 0 Å². The minimum Gasteiger partial charge on any atom is -0.497 e. The molecule has 0 bridgehead atoms. The summed E-state index contributed by atoms with van der Waals surface area (Å²) in [5, 5.41) is 3.02. The number of aromatic nitrogens is 1. The molecule has 0 saturated carbocycles.